The van der Waals surface area contributed by atoms with Crippen LogP contribution in [0.25, 0.3) is 5.69 Å². The van der Waals surface area contributed by atoms with Crippen LogP contribution in [0.4, 0.5) is 4.79 Å². The molecular formula is C15H14N4O2S. The monoisotopic (exact) mass is 314 g/mol. The maximum Gasteiger partial charge on any atom is 0.407 e. The predicted molar refractivity (Wildman–Crippen MR) is 82.7 cm³/mol. The van der Waals surface area contributed by atoms with Crippen molar-refractivity contribution in [1.82, 2.24) is 20.3 Å². The van der Waals surface area contributed by atoms with Crippen molar-refractivity contribution in [3.8, 4) is 5.69 Å². The minimum Gasteiger partial charge on any atom is -0.445 e. The van der Waals surface area contributed by atoms with Gasteiger partial charge in [-0.25, -0.2) is 9.48 Å². The Morgan fingerprint density at radius 3 is 2.91 bits per heavy atom. The van der Waals surface area contributed by atoms with Crippen molar-refractivity contribution in [3.05, 3.63) is 64.6 Å². The molecule has 0 atom stereocenters. The summed E-state index contributed by atoms with van der Waals surface area (Å²) in [5.74, 6) is 0. The first kappa shape index (κ1) is 14.3. The van der Waals surface area contributed by atoms with Crippen molar-refractivity contribution in [2.45, 2.75) is 13.2 Å². The molecule has 1 amide bonds. The third-order valence-electron chi connectivity index (χ3n) is 2.94. The van der Waals surface area contributed by atoms with E-state index < -0.39 is 6.09 Å². The van der Waals surface area contributed by atoms with Crippen LogP contribution in [0.15, 0.2) is 53.4 Å². The number of alkyl carbamates (subject to hydrolysis) is 1. The molecular weight excluding hydrogens is 300 g/mol. The molecule has 2 aromatic heterocycles. The average Bonchev–Trinajstić information content (AvgIpc) is 3.22. The van der Waals surface area contributed by atoms with E-state index in [0.29, 0.717) is 5.69 Å². The van der Waals surface area contributed by atoms with E-state index in [2.05, 4.69) is 15.6 Å². The van der Waals surface area contributed by atoms with Crippen LogP contribution in [-0.4, -0.2) is 21.1 Å². The van der Waals surface area contributed by atoms with Crippen LogP contribution in [0.1, 0.15) is 11.3 Å². The van der Waals surface area contributed by atoms with E-state index in [1.165, 1.54) is 0 Å². The Morgan fingerprint density at radius 1 is 1.27 bits per heavy atom. The van der Waals surface area contributed by atoms with Crippen molar-refractivity contribution < 1.29 is 9.53 Å². The van der Waals surface area contributed by atoms with Crippen LogP contribution in [0.3, 0.4) is 0 Å². The van der Waals surface area contributed by atoms with Crippen molar-refractivity contribution in [3.63, 3.8) is 0 Å². The molecule has 0 fully saturated rings. The van der Waals surface area contributed by atoms with E-state index in [0.717, 1.165) is 11.3 Å². The molecule has 0 aliphatic carbocycles. The summed E-state index contributed by atoms with van der Waals surface area (Å²) in [7, 11) is 0. The van der Waals surface area contributed by atoms with Crippen LogP contribution in [-0.2, 0) is 17.9 Å². The van der Waals surface area contributed by atoms with Crippen molar-refractivity contribution in [2.24, 2.45) is 0 Å². The van der Waals surface area contributed by atoms with Crippen LogP contribution in [0.5, 0.6) is 0 Å². The SMILES string of the molecule is O=C(NCc1cn(-c2ccsc2)nn1)OCc1ccccc1. The Balaban J connectivity index is 1.47. The summed E-state index contributed by atoms with van der Waals surface area (Å²) in [4.78, 5) is 11.6. The van der Waals surface area contributed by atoms with E-state index >= 15 is 0 Å². The Bertz CT molecular complexity index is 725. The highest BCUT2D eigenvalue weighted by atomic mass is 32.1. The molecule has 7 heteroatoms. The number of hydrogen-bond acceptors (Lipinski definition) is 5. The number of carbonyl (C=O) groups is 1. The molecule has 1 aromatic carbocycles. The summed E-state index contributed by atoms with van der Waals surface area (Å²) in [5.41, 5.74) is 2.57. The van der Waals surface area contributed by atoms with Gasteiger partial charge in [0.15, 0.2) is 0 Å². The number of nitrogens with one attached hydrogen (secondary N) is 1. The zero-order valence-electron chi connectivity index (χ0n) is 11.7. The quantitative estimate of drug-likeness (QED) is 0.786. The first-order valence-electron chi connectivity index (χ1n) is 6.69. The van der Waals surface area contributed by atoms with Gasteiger partial charge in [0, 0.05) is 5.38 Å². The van der Waals surface area contributed by atoms with Gasteiger partial charge >= 0.3 is 6.09 Å². The first-order valence-corrected chi connectivity index (χ1v) is 7.64. The molecule has 0 radical (unpaired) electrons. The maximum absolute atomic E-state index is 11.6. The zero-order valence-corrected chi connectivity index (χ0v) is 12.5. The summed E-state index contributed by atoms with van der Waals surface area (Å²) in [5, 5.41) is 14.6. The Morgan fingerprint density at radius 2 is 2.14 bits per heavy atom. The van der Waals surface area contributed by atoms with E-state index in [9.17, 15) is 4.79 Å². The normalized spacial score (nSPS) is 10.4. The number of aromatic nitrogens is 3. The Labute approximate surface area is 131 Å². The van der Waals surface area contributed by atoms with Gasteiger partial charge in [0.25, 0.3) is 0 Å². The maximum atomic E-state index is 11.6. The zero-order chi connectivity index (χ0) is 15.2. The summed E-state index contributed by atoms with van der Waals surface area (Å²) >= 11 is 1.59. The molecule has 0 spiro atoms. The molecule has 0 aliphatic rings. The summed E-state index contributed by atoms with van der Waals surface area (Å²) in [6.45, 7) is 0.520. The molecule has 112 valence electrons. The standard InChI is InChI=1S/C15H14N4O2S/c20-15(21-10-12-4-2-1-3-5-12)16-8-13-9-19(18-17-13)14-6-7-22-11-14/h1-7,9,11H,8,10H2,(H,16,20). The lowest BCUT2D eigenvalue weighted by Gasteiger charge is -2.05. The van der Waals surface area contributed by atoms with Gasteiger partial charge in [-0.15, -0.1) is 5.10 Å². The topological polar surface area (TPSA) is 69.0 Å². The first-order chi connectivity index (χ1) is 10.8. The lowest BCUT2D eigenvalue weighted by Crippen LogP contribution is -2.23. The number of benzene rings is 1. The van der Waals surface area contributed by atoms with Crippen molar-refractivity contribution in [1.29, 1.82) is 0 Å². The number of carbonyl (C=O) groups excluding carboxylic acids is 1. The molecule has 0 saturated heterocycles. The van der Waals surface area contributed by atoms with Gasteiger partial charge in [0.1, 0.15) is 12.3 Å². The van der Waals surface area contributed by atoms with Gasteiger partial charge in [0.2, 0.25) is 0 Å². The second-order valence-corrected chi connectivity index (χ2v) is 5.33. The summed E-state index contributed by atoms with van der Waals surface area (Å²) in [6.07, 6.45) is 1.30. The molecule has 2 heterocycles. The highest BCUT2D eigenvalue weighted by Crippen LogP contribution is 2.10. The number of amides is 1. The van der Waals surface area contributed by atoms with Gasteiger partial charge < -0.3 is 10.1 Å². The van der Waals surface area contributed by atoms with Crippen LogP contribution < -0.4 is 5.32 Å². The Hall–Kier alpha value is -2.67. The lowest BCUT2D eigenvalue weighted by atomic mass is 10.2. The van der Waals surface area contributed by atoms with Gasteiger partial charge in [-0.3, -0.25) is 0 Å². The number of hydrogen-bond donors (Lipinski definition) is 1. The van der Waals surface area contributed by atoms with E-state index in [4.69, 9.17) is 4.74 Å². The van der Waals surface area contributed by atoms with Crippen LogP contribution in [0.2, 0.25) is 0 Å². The molecule has 6 nitrogen and oxygen atoms in total. The minimum absolute atomic E-state index is 0.244. The molecule has 1 N–H and O–H groups in total. The van der Waals surface area contributed by atoms with Gasteiger partial charge in [-0.2, -0.15) is 11.3 Å². The highest BCUT2D eigenvalue weighted by Gasteiger charge is 2.06. The average molecular weight is 314 g/mol. The van der Waals surface area contributed by atoms with Crippen LogP contribution in [0, 0.1) is 0 Å². The largest absolute Gasteiger partial charge is 0.445 e. The third-order valence-corrected chi connectivity index (χ3v) is 3.61. The second-order valence-electron chi connectivity index (χ2n) is 4.55. The second kappa shape index (κ2) is 6.86. The van der Waals surface area contributed by atoms with E-state index in [1.54, 1.807) is 22.2 Å². The molecule has 0 saturated carbocycles. The lowest BCUT2D eigenvalue weighted by molar-refractivity contribution is 0.139. The number of rotatable bonds is 5. The summed E-state index contributed by atoms with van der Waals surface area (Å²) < 4.78 is 6.79. The van der Waals surface area contributed by atoms with Gasteiger partial charge in [0.05, 0.1) is 18.4 Å². The number of ether oxygens (including phenoxy) is 1. The van der Waals surface area contributed by atoms with Gasteiger partial charge in [-0.1, -0.05) is 35.5 Å². The van der Waals surface area contributed by atoms with Crippen molar-refractivity contribution >= 4 is 17.4 Å². The predicted octanol–water partition coefficient (Wildman–Crippen LogP) is 2.76. The van der Waals surface area contributed by atoms with Gasteiger partial charge in [-0.05, 0) is 17.0 Å². The fraction of sp³-hybridized carbons (Fsp3) is 0.133. The molecule has 22 heavy (non-hydrogen) atoms. The fourth-order valence-corrected chi connectivity index (χ4v) is 2.45. The molecule has 0 unspecified atom stereocenters. The highest BCUT2D eigenvalue weighted by molar-refractivity contribution is 7.08. The number of thiophene rings is 1. The fourth-order valence-electron chi connectivity index (χ4n) is 1.83. The third kappa shape index (κ3) is 3.70. The van der Waals surface area contributed by atoms with E-state index in [1.807, 2.05) is 47.2 Å². The molecule has 3 rings (SSSR count). The Kier molecular flexibility index (Phi) is 4.45. The smallest absolute Gasteiger partial charge is 0.407 e. The minimum atomic E-state index is -0.478. The molecule has 3 aromatic rings. The van der Waals surface area contributed by atoms with Crippen molar-refractivity contribution in [2.75, 3.05) is 0 Å². The van der Waals surface area contributed by atoms with E-state index in [-0.39, 0.29) is 13.2 Å². The summed E-state index contributed by atoms with van der Waals surface area (Å²) in [6, 6.07) is 11.5. The number of nitrogens with zero attached hydrogens (tertiary/aromatic N) is 3. The van der Waals surface area contributed by atoms with Crippen LogP contribution >= 0.6 is 11.3 Å². The molecule has 0 bridgehead atoms. The molecule has 0 aliphatic heterocycles.